The SMILES string of the molecule is CCOc1ccc(C(CO)C(F)(F)F)cc1F.COc1cccc(C(CO)C(F)(F)F)c1.OCC(c1ccc(C(F)(F)F)c(Cl)c1)C(F)(F)F. The molecule has 3 N–H and O–H groups in total. The minimum Gasteiger partial charge on any atom is -0.497 e. The highest BCUT2D eigenvalue weighted by Crippen LogP contribution is 2.40. The number of aliphatic hydroxyl groups excluding tert-OH is 3. The van der Waals surface area contributed by atoms with Crippen molar-refractivity contribution in [1.82, 2.24) is 0 Å². The molecule has 0 aliphatic rings. The highest BCUT2D eigenvalue weighted by atomic mass is 35.5. The number of hydrogen-bond acceptors (Lipinski definition) is 5. The Bertz CT molecular complexity index is 1480. The van der Waals surface area contributed by atoms with Gasteiger partial charge in [0.2, 0.25) is 0 Å². The molecular weight excluding hydrogens is 735 g/mol. The molecule has 3 rings (SSSR count). The molecule has 0 amide bonds. The van der Waals surface area contributed by atoms with Crippen LogP contribution in [-0.4, -0.2) is 67.4 Å². The quantitative estimate of drug-likeness (QED) is 0.190. The lowest BCUT2D eigenvalue weighted by Gasteiger charge is -2.19. The third kappa shape index (κ3) is 13.3. The van der Waals surface area contributed by atoms with E-state index < -0.39 is 84.2 Å². The van der Waals surface area contributed by atoms with Crippen LogP contribution in [0.25, 0.3) is 0 Å². The average Bonchev–Trinajstić information content (AvgIpc) is 2.98. The second-order valence-electron chi connectivity index (χ2n) is 9.97. The van der Waals surface area contributed by atoms with Crippen LogP contribution in [0.3, 0.4) is 0 Å². The molecule has 0 heterocycles. The Morgan fingerprint density at radius 1 is 0.640 bits per heavy atom. The second-order valence-corrected chi connectivity index (χ2v) is 10.4. The van der Waals surface area contributed by atoms with E-state index in [4.69, 9.17) is 36.4 Å². The second kappa shape index (κ2) is 18.7. The zero-order chi connectivity index (χ0) is 38.7. The predicted molar refractivity (Wildman–Crippen MR) is 155 cm³/mol. The molecule has 19 heteroatoms. The summed E-state index contributed by atoms with van der Waals surface area (Å²) >= 11 is 5.30. The third-order valence-corrected chi connectivity index (χ3v) is 6.90. The molecule has 3 aromatic carbocycles. The molecule has 0 saturated carbocycles. The van der Waals surface area contributed by atoms with Crippen molar-refractivity contribution in [3.05, 3.63) is 93.8 Å². The highest BCUT2D eigenvalue weighted by molar-refractivity contribution is 6.31. The molecule has 282 valence electrons. The van der Waals surface area contributed by atoms with E-state index in [0.717, 1.165) is 18.2 Å². The molecule has 3 aromatic rings. The van der Waals surface area contributed by atoms with Gasteiger partial charge in [-0.15, -0.1) is 0 Å². The Labute approximate surface area is 281 Å². The summed E-state index contributed by atoms with van der Waals surface area (Å²) in [4.78, 5) is 0. The van der Waals surface area contributed by atoms with Gasteiger partial charge in [-0.1, -0.05) is 35.9 Å². The van der Waals surface area contributed by atoms with Gasteiger partial charge in [0.05, 0.1) is 44.1 Å². The molecule has 3 unspecified atom stereocenters. The van der Waals surface area contributed by atoms with E-state index in [9.17, 15) is 57.1 Å². The van der Waals surface area contributed by atoms with Crippen molar-refractivity contribution in [3.63, 3.8) is 0 Å². The van der Waals surface area contributed by atoms with E-state index in [1.54, 1.807) is 13.0 Å². The highest BCUT2D eigenvalue weighted by Gasteiger charge is 2.42. The molecule has 3 atom stereocenters. The first-order chi connectivity index (χ1) is 23.0. The molecule has 50 heavy (non-hydrogen) atoms. The molecule has 0 bridgehead atoms. The van der Waals surface area contributed by atoms with Gasteiger partial charge in [-0.3, -0.25) is 0 Å². The Morgan fingerprint density at radius 3 is 1.44 bits per heavy atom. The lowest BCUT2D eigenvalue weighted by atomic mass is 9.98. The van der Waals surface area contributed by atoms with Crippen molar-refractivity contribution in [2.45, 2.75) is 49.4 Å². The molecule has 0 fully saturated rings. The number of alkyl halides is 12. The van der Waals surface area contributed by atoms with E-state index in [0.29, 0.717) is 23.9 Å². The van der Waals surface area contributed by atoms with E-state index in [1.807, 2.05) is 0 Å². The van der Waals surface area contributed by atoms with Crippen LogP contribution in [0.15, 0.2) is 60.7 Å². The van der Waals surface area contributed by atoms with E-state index in [2.05, 4.69) is 0 Å². The van der Waals surface area contributed by atoms with Gasteiger partial charge in [-0.05, 0) is 60.0 Å². The molecule has 5 nitrogen and oxygen atoms in total. The van der Waals surface area contributed by atoms with E-state index in [-0.39, 0.29) is 23.5 Å². The predicted octanol–water partition coefficient (Wildman–Crippen LogP) is 9.19. The third-order valence-electron chi connectivity index (χ3n) is 6.59. The number of halogens is 14. The van der Waals surface area contributed by atoms with Crippen LogP contribution in [0, 0.1) is 5.82 Å². The average molecular weight is 765 g/mol. The van der Waals surface area contributed by atoms with Gasteiger partial charge in [0.1, 0.15) is 23.5 Å². The summed E-state index contributed by atoms with van der Waals surface area (Å²) in [5.41, 5.74) is -2.04. The Balaban J connectivity index is 0.000000377. The first-order valence-electron chi connectivity index (χ1n) is 13.9. The molecule has 0 radical (unpaired) electrons. The van der Waals surface area contributed by atoms with Gasteiger partial charge in [-0.25, -0.2) is 4.39 Å². The zero-order valence-electron chi connectivity index (χ0n) is 25.8. The van der Waals surface area contributed by atoms with Crippen LogP contribution in [0.2, 0.25) is 5.02 Å². The fourth-order valence-corrected chi connectivity index (χ4v) is 4.33. The topological polar surface area (TPSA) is 79.2 Å². The molecule has 0 aromatic heterocycles. The molecule has 0 spiro atoms. The van der Waals surface area contributed by atoms with Gasteiger partial charge in [0.25, 0.3) is 0 Å². The van der Waals surface area contributed by atoms with Crippen molar-refractivity contribution < 1.29 is 81.9 Å². The summed E-state index contributed by atoms with van der Waals surface area (Å²) in [7, 11) is 1.38. The minimum atomic E-state index is -4.75. The summed E-state index contributed by atoms with van der Waals surface area (Å²) in [5.74, 6) is -6.81. The zero-order valence-corrected chi connectivity index (χ0v) is 26.5. The molecular formula is C31H30ClF13O5. The van der Waals surface area contributed by atoms with Gasteiger partial charge in [0.15, 0.2) is 11.6 Å². The smallest absolute Gasteiger partial charge is 0.417 e. The van der Waals surface area contributed by atoms with Crippen LogP contribution in [-0.2, 0) is 6.18 Å². The van der Waals surface area contributed by atoms with Crippen molar-refractivity contribution in [3.8, 4) is 11.5 Å². The number of benzene rings is 3. The maximum absolute atomic E-state index is 13.3. The Kier molecular flexibility index (Phi) is 16.6. The summed E-state index contributed by atoms with van der Waals surface area (Å²) < 4.78 is 172. The van der Waals surface area contributed by atoms with Crippen LogP contribution < -0.4 is 9.47 Å². The van der Waals surface area contributed by atoms with Gasteiger partial charge >= 0.3 is 24.7 Å². The van der Waals surface area contributed by atoms with Crippen LogP contribution >= 0.6 is 11.6 Å². The molecule has 0 saturated heterocycles. The van der Waals surface area contributed by atoms with Crippen LogP contribution in [0.1, 0.15) is 46.9 Å². The van der Waals surface area contributed by atoms with Crippen molar-refractivity contribution in [2.75, 3.05) is 33.5 Å². The number of ether oxygens (including phenoxy) is 2. The summed E-state index contributed by atoms with van der Waals surface area (Å²) in [6.07, 6.45) is -18.5. The minimum absolute atomic E-state index is 0.00403. The summed E-state index contributed by atoms with van der Waals surface area (Å²) in [5, 5.41) is 25.2. The Hall–Kier alpha value is -3.48. The maximum atomic E-state index is 13.3. The van der Waals surface area contributed by atoms with Gasteiger partial charge < -0.3 is 24.8 Å². The monoisotopic (exact) mass is 764 g/mol. The fourth-order valence-electron chi connectivity index (χ4n) is 4.04. The number of rotatable bonds is 9. The van der Waals surface area contributed by atoms with Gasteiger partial charge in [-0.2, -0.15) is 52.7 Å². The number of methoxy groups -OCH3 is 1. The number of hydrogen-bond donors (Lipinski definition) is 3. The standard InChI is InChI=1S/C11H12F4O2.C10H7ClF6O.C10H11F3O2/c1-2-17-10-4-3-7(5-9(10)12)8(6-16)11(13,14)15;11-8-3-5(7(4-18)10(15,16)17)1-2-6(8)9(12,13)14;1-15-8-4-2-3-7(5-8)9(6-14)10(11,12)13/h3-5,8,16H,2,6H2,1H3;1-3,7,18H,4H2;2-5,9,14H,6H2,1H3. The molecule has 0 aliphatic carbocycles. The van der Waals surface area contributed by atoms with Crippen LogP contribution in [0.5, 0.6) is 11.5 Å². The van der Waals surface area contributed by atoms with Crippen molar-refractivity contribution in [2.24, 2.45) is 0 Å². The fraction of sp³-hybridized carbons (Fsp3) is 0.419. The largest absolute Gasteiger partial charge is 0.497 e. The summed E-state index contributed by atoms with van der Waals surface area (Å²) in [6.45, 7) is -1.47. The lowest BCUT2D eigenvalue weighted by Crippen LogP contribution is -2.24. The Morgan fingerprint density at radius 2 is 1.08 bits per heavy atom. The van der Waals surface area contributed by atoms with E-state index >= 15 is 0 Å². The van der Waals surface area contributed by atoms with Crippen molar-refractivity contribution >= 4 is 11.6 Å². The maximum Gasteiger partial charge on any atom is 0.417 e. The summed E-state index contributed by atoms with van der Waals surface area (Å²) in [6, 6.07) is 10.3. The lowest BCUT2D eigenvalue weighted by molar-refractivity contribution is -0.159. The van der Waals surface area contributed by atoms with Crippen LogP contribution in [0.4, 0.5) is 57.1 Å². The first kappa shape index (κ1) is 44.5. The first-order valence-corrected chi connectivity index (χ1v) is 14.3. The number of aliphatic hydroxyl groups is 3. The van der Waals surface area contributed by atoms with Gasteiger partial charge in [0, 0.05) is 0 Å². The van der Waals surface area contributed by atoms with E-state index in [1.165, 1.54) is 25.3 Å². The normalized spacial score (nSPS) is 14.0. The molecule has 0 aliphatic heterocycles. The van der Waals surface area contributed by atoms with Crippen molar-refractivity contribution in [1.29, 1.82) is 0 Å².